The fourth-order valence-electron chi connectivity index (χ4n) is 1.45. The number of thiophene rings is 1. The summed E-state index contributed by atoms with van der Waals surface area (Å²) in [6.45, 7) is 5.86. The van der Waals surface area contributed by atoms with Crippen molar-refractivity contribution in [3.05, 3.63) is 15.8 Å². The maximum absolute atomic E-state index is 11.2. The minimum Gasteiger partial charge on any atom is -0.491 e. The molecular weight excluding hydrogens is 296 g/mol. The largest absolute Gasteiger partial charge is 0.491 e. The predicted molar refractivity (Wildman–Crippen MR) is 77.8 cm³/mol. The fourth-order valence-corrected chi connectivity index (χ4v) is 2.45. The first-order valence-corrected chi connectivity index (χ1v) is 7.02. The molecule has 0 aliphatic carbocycles. The fraction of sp³-hybridized carbons (Fsp3) is 0.462. The summed E-state index contributed by atoms with van der Waals surface area (Å²) in [7, 11) is 0. The minimum absolute atomic E-state index is 0.0420. The molecule has 0 bridgehead atoms. The topological polar surface area (TPSA) is 119 Å². The molecule has 0 radical (unpaired) electrons. The number of urea groups is 1. The zero-order valence-electron chi connectivity index (χ0n) is 12.1. The zero-order valence-corrected chi connectivity index (χ0v) is 12.9. The van der Waals surface area contributed by atoms with Gasteiger partial charge in [0, 0.05) is 4.88 Å². The minimum atomic E-state index is -1.08. The number of imide groups is 1. The average Bonchev–Trinajstić information content (AvgIpc) is 2.71. The summed E-state index contributed by atoms with van der Waals surface area (Å²) in [4.78, 5) is 33.9. The van der Waals surface area contributed by atoms with E-state index in [1.54, 1.807) is 6.07 Å². The standard InChI is InChI=1S/C13H18N2O5S/c1-13(2,3)8-6-7(10(21-8)11(17)18)20-5-4-9(16)15-12(14)19/h6H,4-5H2,1-3H3,(H,17,18)(H3,14,15,16,19). The quantitative estimate of drug-likeness (QED) is 0.764. The summed E-state index contributed by atoms with van der Waals surface area (Å²) >= 11 is 1.14. The van der Waals surface area contributed by atoms with Crippen LogP contribution in [-0.4, -0.2) is 29.6 Å². The van der Waals surface area contributed by atoms with E-state index in [1.807, 2.05) is 26.1 Å². The van der Waals surface area contributed by atoms with Crippen molar-refractivity contribution in [1.82, 2.24) is 5.32 Å². The highest BCUT2D eigenvalue weighted by atomic mass is 32.1. The highest BCUT2D eigenvalue weighted by molar-refractivity contribution is 7.14. The maximum Gasteiger partial charge on any atom is 0.349 e. The Bertz CT molecular complexity index is 559. The van der Waals surface area contributed by atoms with Crippen LogP contribution in [-0.2, 0) is 10.2 Å². The predicted octanol–water partition coefficient (Wildman–Crippen LogP) is 1.71. The van der Waals surface area contributed by atoms with Crippen LogP contribution in [0.5, 0.6) is 5.75 Å². The Morgan fingerprint density at radius 1 is 1.38 bits per heavy atom. The summed E-state index contributed by atoms with van der Waals surface area (Å²) < 4.78 is 5.34. The second-order valence-electron chi connectivity index (χ2n) is 5.37. The lowest BCUT2D eigenvalue weighted by Crippen LogP contribution is -2.35. The summed E-state index contributed by atoms with van der Waals surface area (Å²) in [5, 5.41) is 11.1. The van der Waals surface area contributed by atoms with Gasteiger partial charge in [0.1, 0.15) is 5.75 Å². The molecule has 21 heavy (non-hydrogen) atoms. The monoisotopic (exact) mass is 314 g/mol. The van der Waals surface area contributed by atoms with Gasteiger partial charge < -0.3 is 15.6 Å². The average molecular weight is 314 g/mol. The smallest absolute Gasteiger partial charge is 0.349 e. The SMILES string of the molecule is CC(C)(C)c1cc(OCCC(=O)NC(N)=O)c(C(=O)O)s1. The number of ether oxygens (including phenoxy) is 1. The van der Waals surface area contributed by atoms with Gasteiger partial charge in [0.2, 0.25) is 5.91 Å². The molecular formula is C13H18N2O5S. The number of carboxylic acid groups (broad SMARTS) is 1. The third-order valence-electron chi connectivity index (χ3n) is 2.48. The van der Waals surface area contributed by atoms with Crippen molar-refractivity contribution in [3.8, 4) is 5.75 Å². The van der Waals surface area contributed by atoms with Gasteiger partial charge in [-0.05, 0) is 11.5 Å². The highest BCUT2D eigenvalue weighted by Crippen LogP contribution is 2.36. The number of carbonyl (C=O) groups is 3. The molecule has 116 valence electrons. The van der Waals surface area contributed by atoms with Crippen LogP contribution in [0.3, 0.4) is 0 Å². The van der Waals surface area contributed by atoms with E-state index in [4.69, 9.17) is 15.6 Å². The normalized spacial score (nSPS) is 11.0. The molecule has 0 fully saturated rings. The van der Waals surface area contributed by atoms with Crippen molar-refractivity contribution in [3.63, 3.8) is 0 Å². The molecule has 0 unspecified atom stereocenters. The third-order valence-corrected chi connectivity index (χ3v) is 4.01. The molecule has 0 saturated heterocycles. The molecule has 3 amide bonds. The molecule has 1 aromatic heterocycles. The highest BCUT2D eigenvalue weighted by Gasteiger charge is 2.23. The molecule has 1 heterocycles. The molecule has 0 spiro atoms. The van der Waals surface area contributed by atoms with Gasteiger partial charge in [-0.1, -0.05) is 20.8 Å². The number of carbonyl (C=O) groups excluding carboxylic acids is 2. The van der Waals surface area contributed by atoms with E-state index in [0.29, 0.717) is 0 Å². The molecule has 0 aromatic carbocycles. The second kappa shape index (κ2) is 6.57. The Labute approximate surface area is 126 Å². The van der Waals surface area contributed by atoms with Gasteiger partial charge in [-0.2, -0.15) is 0 Å². The zero-order chi connectivity index (χ0) is 16.2. The number of primary amides is 1. The Hall–Kier alpha value is -2.09. The van der Waals surface area contributed by atoms with Gasteiger partial charge in [0.05, 0.1) is 13.0 Å². The number of amides is 3. The lowest BCUT2D eigenvalue weighted by Gasteiger charge is -2.14. The molecule has 1 aromatic rings. The number of carboxylic acids is 1. The summed E-state index contributed by atoms with van der Waals surface area (Å²) in [5.41, 5.74) is 4.61. The van der Waals surface area contributed by atoms with Crippen LogP contribution in [0.4, 0.5) is 4.79 Å². The van der Waals surface area contributed by atoms with Gasteiger partial charge in [-0.15, -0.1) is 11.3 Å². The number of hydrogen-bond acceptors (Lipinski definition) is 5. The van der Waals surface area contributed by atoms with E-state index in [1.165, 1.54) is 0 Å². The van der Waals surface area contributed by atoms with E-state index in [9.17, 15) is 14.4 Å². The lowest BCUT2D eigenvalue weighted by molar-refractivity contribution is -0.120. The van der Waals surface area contributed by atoms with Crippen molar-refractivity contribution in [2.75, 3.05) is 6.61 Å². The number of hydrogen-bond donors (Lipinski definition) is 3. The van der Waals surface area contributed by atoms with Crippen LogP contribution < -0.4 is 15.8 Å². The maximum atomic E-state index is 11.2. The van der Waals surface area contributed by atoms with Crippen molar-refractivity contribution >= 4 is 29.2 Å². The summed E-state index contributed by atoms with van der Waals surface area (Å²) in [5.74, 6) is -1.43. The van der Waals surface area contributed by atoms with Gasteiger partial charge in [0.15, 0.2) is 4.88 Å². The first kappa shape index (κ1) is 17.0. The van der Waals surface area contributed by atoms with E-state index < -0.39 is 17.9 Å². The number of rotatable bonds is 5. The lowest BCUT2D eigenvalue weighted by atomic mass is 9.95. The number of aromatic carboxylic acids is 1. The Kier molecular flexibility index (Phi) is 5.31. The summed E-state index contributed by atoms with van der Waals surface area (Å²) in [6.07, 6.45) is -0.0945. The van der Waals surface area contributed by atoms with E-state index in [2.05, 4.69) is 0 Å². The Balaban J connectivity index is 2.74. The van der Waals surface area contributed by atoms with Gasteiger partial charge in [-0.25, -0.2) is 9.59 Å². The van der Waals surface area contributed by atoms with E-state index in [0.717, 1.165) is 16.2 Å². The number of nitrogens with two attached hydrogens (primary N) is 1. The van der Waals surface area contributed by atoms with Crippen LogP contribution >= 0.6 is 11.3 Å². The molecule has 0 aliphatic heterocycles. The second-order valence-corrected chi connectivity index (χ2v) is 6.42. The third kappa shape index (κ3) is 5.07. The van der Waals surface area contributed by atoms with Gasteiger partial charge >= 0.3 is 12.0 Å². The van der Waals surface area contributed by atoms with Crippen molar-refractivity contribution in [2.24, 2.45) is 5.73 Å². The van der Waals surface area contributed by atoms with Gasteiger partial charge in [-0.3, -0.25) is 10.1 Å². The Morgan fingerprint density at radius 3 is 2.48 bits per heavy atom. The van der Waals surface area contributed by atoms with Gasteiger partial charge in [0.25, 0.3) is 0 Å². The molecule has 1 rings (SSSR count). The van der Waals surface area contributed by atoms with Crippen LogP contribution in [0, 0.1) is 0 Å². The van der Waals surface area contributed by atoms with Crippen molar-refractivity contribution in [1.29, 1.82) is 0 Å². The van der Waals surface area contributed by atoms with E-state index in [-0.39, 0.29) is 29.1 Å². The first-order valence-electron chi connectivity index (χ1n) is 6.21. The molecule has 0 atom stereocenters. The Morgan fingerprint density at radius 2 is 2.00 bits per heavy atom. The number of nitrogens with one attached hydrogen (secondary N) is 1. The molecule has 0 saturated carbocycles. The molecule has 4 N–H and O–H groups in total. The van der Waals surface area contributed by atoms with Crippen molar-refractivity contribution < 1.29 is 24.2 Å². The molecule has 7 nitrogen and oxygen atoms in total. The van der Waals surface area contributed by atoms with Crippen LogP contribution in [0.2, 0.25) is 0 Å². The molecule has 8 heteroatoms. The molecule has 0 aliphatic rings. The summed E-state index contributed by atoms with van der Waals surface area (Å²) in [6, 6.07) is 0.733. The van der Waals surface area contributed by atoms with Crippen LogP contribution in [0.25, 0.3) is 0 Å². The van der Waals surface area contributed by atoms with Crippen LogP contribution in [0.15, 0.2) is 6.07 Å². The van der Waals surface area contributed by atoms with Crippen LogP contribution in [0.1, 0.15) is 41.7 Å². The first-order chi connectivity index (χ1) is 9.61. The van der Waals surface area contributed by atoms with E-state index >= 15 is 0 Å². The van der Waals surface area contributed by atoms with Crippen molar-refractivity contribution in [2.45, 2.75) is 32.6 Å².